The van der Waals surface area contributed by atoms with Gasteiger partial charge in [-0.2, -0.15) is 0 Å². The average Bonchev–Trinajstić information content (AvgIpc) is 2.04. The summed E-state index contributed by atoms with van der Waals surface area (Å²) < 4.78 is 59.2. The number of amides is 2. The minimum atomic E-state index is -10.7. The molecule has 90 valence electrons. The van der Waals surface area contributed by atoms with Crippen LogP contribution >= 0.6 is 7.81 Å². The first-order chi connectivity index (χ1) is 5.74. The molecule has 0 aromatic rings. The molecule has 0 spiro atoms. The Hall–Kier alpha value is 0.0719. The second-order valence-electron chi connectivity index (χ2n) is 2.28. The first kappa shape index (κ1) is 17.5. The summed E-state index contributed by atoms with van der Waals surface area (Å²) in [5.74, 6) is -0.477. The molecule has 0 aliphatic carbocycles. The van der Waals surface area contributed by atoms with Crippen molar-refractivity contribution >= 4 is 19.6 Å². The molecule has 1 saturated heterocycles. The molecular weight excluding hydrogens is 477 g/mol. The van der Waals surface area contributed by atoms with Gasteiger partial charge >= 0.3 is 33.0 Å². The second kappa shape index (κ2) is 4.15. The number of imide groups is 1. The molecule has 1 heterocycles. The van der Waals surface area contributed by atoms with E-state index in [4.69, 9.17) is 0 Å². The van der Waals surface area contributed by atoms with Gasteiger partial charge in [-0.1, -0.05) is 6.42 Å². The number of hydrogen-bond donors (Lipinski definition) is 1. The summed E-state index contributed by atoms with van der Waals surface area (Å²) in [7, 11) is -10.7. The van der Waals surface area contributed by atoms with Gasteiger partial charge in [-0.15, -0.1) is 0 Å². The van der Waals surface area contributed by atoms with E-state index in [-0.39, 0.29) is 49.3 Å². The molecule has 1 N–H and O–H groups in total. The Morgan fingerprint density at radius 1 is 1.07 bits per heavy atom. The third kappa shape index (κ3) is 24.9. The molecular formula is C4H4F6NO2PU-2. The van der Waals surface area contributed by atoms with Crippen LogP contribution in [-0.2, 0) is 9.59 Å². The predicted molar refractivity (Wildman–Crippen MR) is 35.6 cm³/mol. The van der Waals surface area contributed by atoms with E-state index < -0.39 is 7.81 Å². The normalized spacial score (nSPS) is 19.6. The standard InChI is InChI=1S/C4H4NO2.F6P.U/c6-3-1-2-4(7)5-3;1-7(2,3,4,5)6;/h1H,2H2,(H,5,6,7);;/q2*-1;. The van der Waals surface area contributed by atoms with Gasteiger partial charge in [0.05, 0.1) is 5.91 Å². The van der Waals surface area contributed by atoms with Gasteiger partial charge in [-0.25, -0.2) is 0 Å². The summed E-state index contributed by atoms with van der Waals surface area (Å²) in [6.07, 6.45) is 1.57. The van der Waals surface area contributed by atoms with E-state index in [0.717, 1.165) is 0 Å². The first-order valence-electron chi connectivity index (χ1n) is 2.97. The van der Waals surface area contributed by atoms with Crippen molar-refractivity contribution in [3.8, 4) is 0 Å². The smallest absolute Gasteiger partial charge is 0.197 e. The van der Waals surface area contributed by atoms with Gasteiger partial charge in [-0.05, 0) is 0 Å². The van der Waals surface area contributed by atoms with Crippen molar-refractivity contribution in [1.29, 1.82) is 0 Å². The van der Waals surface area contributed by atoms with E-state index in [1.807, 2.05) is 0 Å². The summed E-state index contributed by atoms with van der Waals surface area (Å²) in [5, 5.41) is 2.08. The zero-order chi connectivity index (χ0) is 11.7. The van der Waals surface area contributed by atoms with Crippen molar-refractivity contribution in [2.24, 2.45) is 0 Å². The van der Waals surface area contributed by atoms with Crippen LogP contribution < -0.4 is 5.32 Å². The third-order valence-electron chi connectivity index (χ3n) is 0.735. The van der Waals surface area contributed by atoms with Crippen LogP contribution in [0.25, 0.3) is 0 Å². The maximum atomic E-state index is 10.1. The minimum absolute atomic E-state index is 0. The zero-order valence-electron chi connectivity index (χ0n) is 6.82. The van der Waals surface area contributed by atoms with Gasteiger partial charge < -0.3 is 10.1 Å². The van der Waals surface area contributed by atoms with Crippen molar-refractivity contribution in [3.63, 3.8) is 0 Å². The molecule has 15 heavy (non-hydrogen) atoms. The Morgan fingerprint density at radius 3 is 1.47 bits per heavy atom. The van der Waals surface area contributed by atoms with Crippen LogP contribution in [-0.4, -0.2) is 11.8 Å². The molecule has 1 fully saturated rings. The van der Waals surface area contributed by atoms with Crippen LogP contribution in [0.3, 0.4) is 0 Å². The molecule has 0 bridgehead atoms. The van der Waals surface area contributed by atoms with E-state index in [9.17, 15) is 34.8 Å². The van der Waals surface area contributed by atoms with Crippen LogP contribution in [0.5, 0.6) is 0 Å². The van der Waals surface area contributed by atoms with Crippen molar-refractivity contribution in [3.05, 3.63) is 6.42 Å². The molecule has 0 atom stereocenters. The molecule has 3 nitrogen and oxygen atoms in total. The summed E-state index contributed by atoms with van der Waals surface area (Å²) in [6.45, 7) is 0. The average molecular weight is 481 g/mol. The van der Waals surface area contributed by atoms with Gasteiger partial charge in [0.2, 0.25) is 0 Å². The fourth-order valence-corrected chi connectivity index (χ4v) is 0.425. The Labute approximate surface area is 104 Å². The Kier molecular flexibility index (Phi) is 4.83. The van der Waals surface area contributed by atoms with Crippen molar-refractivity contribution in [2.75, 3.05) is 0 Å². The first-order valence-corrected chi connectivity index (χ1v) is 5.00. The number of halogens is 6. The number of hydrogen-bond acceptors (Lipinski definition) is 2. The monoisotopic (exact) mass is 481 g/mol. The van der Waals surface area contributed by atoms with E-state index in [1.165, 1.54) is 6.42 Å². The van der Waals surface area contributed by atoms with Gasteiger partial charge in [0.15, 0.2) is 5.91 Å². The number of rotatable bonds is 0. The van der Waals surface area contributed by atoms with Crippen molar-refractivity contribution in [1.82, 2.24) is 5.32 Å². The molecule has 0 unspecified atom stereocenters. The fourth-order valence-electron chi connectivity index (χ4n) is 0.425. The molecule has 0 aromatic heterocycles. The number of carbonyl (C=O) groups is 2. The van der Waals surface area contributed by atoms with Crippen LogP contribution in [0.15, 0.2) is 0 Å². The summed E-state index contributed by atoms with van der Waals surface area (Å²) in [4.78, 5) is 20.2. The van der Waals surface area contributed by atoms with Crippen molar-refractivity contribution < 1.29 is 65.9 Å². The van der Waals surface area contributed by atoms with Crippen LogP contribution in [0.2, 0.25) is 0 Å². The molecule has 11 heteroatoms. The topological polar surface area (TPSA) is 46.2 Å². The largest absolute Gasteiger partial charge is 0.324 e. The third-order valence-corrected chi connectivity index (χ3v) is 0.735. The Balaban J connectivity index is 0. The van der Waals surface area contributed by atoms with Crippen LogP contribution in [0.1, 0.15) is 6.42 Å². The van der Waals surface area contributed by atoms with E-state index in [2.05, 4.69) is 5.32 Å². The van der Waals surface area contributed by atoms with Crippen molar-refractivity contribution in [2.45, 2.75) is 6.42 Å². The van der Waals surface area contributed by atoms with Gasteiger partial charge in [0, 0.05) is 31.1 Å². The maximum absolute atomic E-state index is 10.7. The Morgan fingerprint density at radius 2 is 1.40 bits per heavy atom. The second-order valence-corrected chi connectivity index (χ2v) is 4.20. The van der Waals surface area contributed by atoms with Crippen LogP contribution in [0.4, 0.5) is 25.2 Å². The van der Waals surface area contributed by atoms with E-state index in [0.29, 0.717) is 0 Å². The summed E-state index contributed by atoms with van der Waals surface area (Å²) in [5.41, 5.74) is 0. The molecule has 2 amide bonds. The molecule has 0 saturated carbocycles. The van der Waals surface area contributed by atoms with Crippen LogP contribution in [0, 0.1) is 37.5 Å². The van der Waals surface area contributed by atoms with Gasteiger partial charge in [0.25, 0.3) is 0 Å². The summed E-state index contributed by atoms with van der Waals surface area (Å²) in [6, 6.07) is 0. The summed E-state index contributed by atoms with van der Waals surface area (Å²) >= 11 is 0. The SMILES string of the molecule is F[P-](F)(F)(F)(F)F.O=C1[CH-]CC(=O)N1.[U]. The molecule has 0 aromatic carbocycles. The van der Waals surface area contributed by atoms with Gasteiger partial charge in [0.1, 0.15) is 0 Å². The fraction of sp³-hybridized carbons (Fsp3) is 0.250. The predicted octanol–water partition coefficient (Wildman–Crippen LogP) is 2.62. The van der Waals surface area contributed by atoms with E-state index >= 15 is 0 Å². The number of carbonyl (C=O) groups excluding carboxylic acids is 2. The molecule has 1 rings (SSSR count). The number of nitrogens with one attached hydrogen (secondary N) is 1. The molecule has 1 aliphatic rings. The van der Waals surface area contributed by atoms with Gasteiger partial charge in [-0.3, -0.25) is 11.2 Å². The Bertz CT molecular complexity index is 247. The minimum Gasteiger partial charge on any atom is -0.324 e. The maximum Gasteiger partial charge on any atom is 0.197 e. The van der Waals surface area contributed by atoms with E-state index in [1.54, 1.807) is 0 Å². The molecule has 0 radical (unpaired) electrons. The zero-order valence-corrected chi connectivity index (χ0v) is 11.9. The molecule has 1 aliphatic heterocycles. The quantitative estimate of drug-likeness (QED) is 0.251.